The molecule has 0 spiro atoms. The van der Waals surface area contributed by atoms with Crippen LogP contribution < -0.4 is 5.32 Å². The maximum absolute atomic E-state index is 11.8. The standard InChI is InChI=1S/C11H20N2O2/c1-13(7-5-9-4-6-12-9)11(14)10-3-2-8-15-10/h9-10,12H,2-8H2,1H3. The first-order chi connectivity index (χ1) is 7.27. The van der Waals surface area contributed by atoms with Crippen LogP contribution in [0, 0.1) is 0 Å². The number of nitrogens with one attached hydrogen (secondary N) is 1. The molecule has 2 aliphatic heterocycles. The summed E-state index contributed by atoms with van der Waals surface area (Å²) < 4.78 is 5.38. The van der Waals surface area contributed by atoms with Gasteiger partial charge in [0.1, 0.15) is 6.10 Å². The molecule has 2 aliphatic rings. The van der Waals surface area contributed by atoms with E-state index in [0.29, 0.717) is 6.04 Å². The summed E-state index contributed by atoms with van der Waals surface area (Å²) in [7, 11) is 1.88. The van der Waals surface area contributed by atoms with Crippen molar-refractivity contribution in [3.05, 3.63) is 0 Å². The van der Waals surface area contributed by atoms with Gasteiger partial charge in [-0.25, -0.2) is 0 Å². The average molecular weight is 212 g/mol. The summed E-state index contributed by atoms with van der Waals surface area (Å²) in [6.07, 6.45) is 4.07. The number of carbonyl (C=O) groups is 1. The van der Waals surface area contributed by atoms with Crippen LogP contribution in [0.5, 0.6) is 0 Å². The van der Waals surface area contributed by atoms with Gasteiger partial charge >= 0.3 is 0 Å². The number of rotatable bonds is 4. The van der Waals surface area contributed by atoms with Crippen LogP contribution in [-0.2, 0) is 9.53 Å². The molecule has 2 heterocycles. The van der Waals surface area contributed by atoms with Crippen LogP contribution in [-0.4, -0.2) is 49.7 Å². The Kier molecular flexibility index (Phi) is 3.59. The third kappa shape index (κ3) is 2.69. The van der Waals surface area contributed by atoms with Crippen LogP contribution >= 0.6 is 0 Å². The maximum atomic E-state index is 11.8. The van der Waals surface area contributed by atoms with Crippen LogP contribution in [0.1, 0.15) is 25.7 Å². The van der Waals surface area contributed by atoms with Gasteiger partial charge < -0.3 is 15.0 Å². The molecule has 0 bridgehead atoms. The number of ether oxygens (including phenoxy) is 1. The molecule has 4 heteroatoms. The van der Waals surface area contributed by atoms with Crippen LogP contribution in [0.15, 0.2) is 0 Å². The molecule has 1 amide bonds. The summed E-state index contributed by atoms with van der Waals surface area (Å²) in [5, 5.41) is 3.34. The fourth-order valence-corrected chi connectivity index (χ4v) is 2.07. The van der Waals surface area contributed by atoms with Crippen molar-refractivity contribution in [1.82, 2.24) is 10.2 Å². The summed E-state index contributed by atoms with van der Waals surface area (Å²) in [5.74, 6) is 0.159. The molecule has 86 valence electrons. The summed E-state index contributed by atoms with van der Waals surface area (Å²) >= 11 is 0. The Morgan fingerprint density at radius 1 is 1.53 bits per heavy atom. The van der Waals surface area contributed by atoms with Crippen LogP contribution in [0.25, 0.3) is 0 Å². The third-order valence-electron chi connectivity index (χ3n) is 3.32. The lowest BCUT2D eigenvalue weighted by Crippen LogP contribution is -2.46. The van der Waals surface area contributed by atoms with Crippen molar-refractivity contribution in [3.8, 4) is 0 Å². The van der Waals surface area contributed by atoms with Crippen molar-refractivity contribution in [2.24, 2.45) is 0 Å². The second kappa shape index (κ2) is 4.94. The molecule has 2 fully saturated rings. The highest BCUT2D eigenvalue weighted by Crippen LogP contribution is 2.15. The SMILES string of the molecule is CN(CCC1CCN1)C(=O)C1CCCO1. The van der Waals surface area contributed by atoms with Gasteiger partial charge in [0.25, 0.3) is 5.91 Å². The van der Waals surface area contributed by atoms with E-state index < -0.39 is 0 Å². The van der Waals surface area contributed by atoms with Gasteiger partial charge in [-0.05, 0) is 32.2 Å². The molecular formula is C11H20N2O2. The molecule has 0 aromatic carbocycles. The van der Waals surface area contributed by atoms with Gasteiger partial charge in [0, 0.05) is 26.2 Å². The zero-order valence-electron chi connectivity index (χ0n) is 9.37. The van der Waals surface area contributed by atoms with Crippen molar-refractivity contribution in [2.75, 3.05) is 26.7 Å². The minimum atomic E-state index is -0.163. The van der Waals surface area contributed by atoms with Crippen molar-refractivity contribution >= 4 is 5.91 Å². The molecule has 2 saturated heterocycles. The quantitative estimate of drug-likeness (QED) is 0.732. The lowest BCUT2D eigenvalue weighted by atomic mass is 10.0. The zero-order chi connectivity index (χ0) is 10.7. The first-order valence-corrected chi connectivity index (χ1v) is 5.87. The van der Waals surface area contributed by atoms with Gasteiger partial charge in [-0.3, -0.25) is 4.79 Å². The topological polar surface area (TPSA) is 41.6 Å². The summed E-state index contributed by atoms with van der Waals surface area (Å²) in [5.41, 5.74) is 0. The molecule has 2 atom stereocenters. The molecular weight excluding hydrogens is 192 g/mol. The molecule has 0 aromatic heterocycles. The van der Waals surface area contributed by atoms with Crippen LogP contribution in [0.4, 0.5) is 0 Å². The first kappa shape index (κ1) is 10.9. The van der Waals surface area contributed by atoms with Crippen LogP contribution in [0.3, 0.4) is 0 Å². The molecule has 0 aliphatic carbocycles. The Balaban J connectivity index is 1.68. The van der Waals surface area contributed by atoms with Crippen molar-refractivity contribution < 1.29 is 9.53 Å². The zero-order valence-corrected chi connectivity index (χ0v) is 9.37. The van der Waals surface area contributed by atoms with E-state index in [1.54, 1.807) is 0 Å². The largest absolute Gasteiger partial charge is 0.368 e. The van der Waals surface area contributed by atoms with Crippen LogP contribution in [0.2, 0.25) is 0 Å². The van der Waals surface area contributed by atoms with Gasteiger partial charge in [0.15, 0.2) is 0 Å². The molecule has 0 radical (unpaired) electrons. The van der Waals surface area contributed by atoms with E-state index in [1.807, 2.05) is 11.9 Å². The Hall–Kier alpha value is -0.610. The van der Waals surface area contributed by atoms with Crippen molar-refractivity contribution in [2.45, 2.75) is 37.8 Å². The van der Waals surface area contributed by atoms with E-state index in [-0.39, 0.29) is 12.0 Å². The van der Waals surface area contributed by atoms with Gasteiger partial charge in [-0.1, -0.05) is 0 Å². The van der Waals surface area contributed by atoms with Gasteiger partial charge in [-0.2, -0.15) is 0 Å². The Labute approximate surface area is 91.0 Å². The predicted molar refractivity (Wildman–Crippen MR) is 57.6 cm³/mol. The minimum Gasteiger partial charge on any atom is -0.368 e. The van der Waals surface area contributed by atoms with Crippen molar-refractivity contribution in [3.63, 3.8) is 0 Å². The van der Waals surface area contributed by atoms with E-state index >= 15 is 0 Å². The lowest BCUT2D eigenvalue weighted by Gasteiger charge is -2.30. The van der Waals surface area contributed by atoms with E-state index in [4.69, 9.17) is 4.74 Å². The summed E-state index contributed by atoms with van der Waals surface area (Å²) in [6.45, 7) is 2.72. The number of likely N-dealkylation sites (N-methyl/N-ethyl adjacent to an activating group) is 1. The van der Waals surface area contributed by atoms with E-state index in [0.717, 1.165) is 39.0 Å². The first-order valence-electron chi connectivity index (χ1n) is 5.87. The summed E-state index contributed by atoms with van der Waals surface area (Å²) in [4.78, 5) is 13.7. The second-order valence-corrected chi connectivity index (χ2v) is 4.49. The highest BCUT2D eigenvalue weighted by atomic mass is 16.5. The average Bonchev–Trinajstić information content (AvgIpc) is 2.66. The van der Waals surface area contributed by atoms with E-state index in [2.05, 4.69) is 5.32 Å². The molecule has 4 nitrogen and oxygen atoms in total. The van der Waals surface area contributed by atoms with E-state index in [9.17, 15) is 4.79 Å². The third-order valence-corrected chi connectivity index (χ3v) is 3.32. The van der Waals surface area contributed by atoms with Crippen molar-refractivity contribution in [1.29, 1.82) is 0 Å². The Morgan fingerprint density at radius 2 is 2.33 bits per heavy atom. The second-order valence-electron chi connectivity index (χ2n) is 4.49. The highest BCUT2D eigenvalue weighted by molar-refractivity contribution is 5.80. The minimum absolute atomic E-state index is 0.159. The molecule has 0 aromatic rings. The number of hydrogen-bond acceptors (Lipinski definition) is 3. The normalized spacial score (nSPS) is 29.9. The van der Waals surface area contributed by atoms with Gasteiger partial charge in [0.05, 0.1) is 0 Å². The number of nitrogens with zero attached hydrogens (tertiary/aromatic N) is 1. The molecule has 0 saturated carbocycles. The lowest BCUT2D eigenvalue weighted by molar-refractivity contribution is -0.139. The number of carbonyl (C=O) groups excluding carboxylic acids is 1. The molecule has 2 rings (SSSR count). The Bertz CT molecular complexity index is 223. The number of hydrogen-bond donors (Lipinski definition) is 1. The summed E-state index contributed by atoms with van der Waals surface area (Å²) in [6, 6.07) is 0.629. The maximum Gasteiger partial charge on any atom is 0.251 e. The highest BCUT2D eigenvalue weighted by Gasteiger charge is 2.27. The van der Waals surface area contributed by atoms with Gasteiger partial charge in [-0.15, -0.1) is 0 Å². The fourth-order valence-electron chi connectivity index (χ4n) is 2.07. The fraction of sp³-hybridized carbons (Fsp3) is 0.909. The smallest absolute Gasteiger partial charge is 0.251 e. The molecule has 1 N–H and O–H groups in total. The van der Waals surface area contributed by atoms with E-state index in [1.165, 1.54) is 6.42 Å². The Morgan fingerprint density at radius 3 is 2.87 bits per heavy atom. The predicted octanol–water partition coefficient (Wildman–Crippen LogP) is 0.376. The number of amides is 1. The molecule has 15 heavy (non-hydrogen) atoms. The van der Waals surface area contributed by atoms with Gasteiger partial charge in [0.2, 0.25) is 0 Å². The monoisotopic (exact) mass is 212 g/mol. The molecule has 2 unspecified atom stereocenters.